The maximum atomic E-state index is 11.7. The summed E-state index contributed by atoms with van der Waals surface area (Å²) >= 11 is 0. The Morgan fingerprint density at radius 2 is 1.90 bits per heavy atom. The SMILES string of the molecule is COc1ccc(C2CCC(CNc3cccc(/C=C/C(=O)OC(C)C)c3)CC2)cc1C. The van der Waals surface area contributed by atoms with Crippen molar-refractivity contribution >= 4 is 17.7 Å². The van der Waals surface area contributed by atoms with Gasteiger partial charge in [-0.2, -0.15) is 0 Å². The zero-order chi connectivity index (χ0) is 22.2. The molecule has 0 bridgehead atoms. The first kappa shape index (κ1) is 22.9. The van der Waals surface area contributed by atoms with Crippen LogP contribution in [0.2, 0.25) is 0 Å². The average molecular weight is 422 g/mol. The summed E-state index contributed by atoms with van der Waals surface area (Å²) in [5, 5.41) is 3.59. The van der Waals surface area contributed by atoms with Crippen LogP contribution >= 0.6 is 0 Å². The first-order valence-corrected chi connectivity index (χ1v) is 11.3. The summed E-state index contributed by atoms with van der Waals surface area (Å²) in [5.41, 5.74) is 4.74. The molecule has 2 aromatic rings. The van der Waals surface area contributed by atoms with Crippen LogP contribution in [0.5, 0.6) is 5.75 Å². The molecule has 1 saturated carbocycles. The molecule has 4 heteroatoms. The number of rotatable bonds is 8. The Labute approximate surface area is 186 Å². The van der Waals surface area contributed by atoms with Gasteiger partial charge in [0.05, 0.1) is 13.2 Å². The Balaban J connectivity index is 1.48. The summed E-state index contributed by atoms with van der Waals surface area (Å²) in [4.78, 5) is 11.7. The zero-order valence-corrected chi connectivity index (χ0v) is 19.2. The summed E-state index contributed by atoms with van der Waals surface area (Å²) in [6.45, 7) is 6.80. The highest BCUT2D eigenvalue weighted by Crippen LogP contribution is 2.37. The number of carbonyl (C=O) groups excluding carboxylic acids is 1. The minimum atomic E-state index is -0.308. The molecule has 2 aromatic carbocycles. The van der Waals surface area contributed by atoms with E-state index in [1.165, 1.54) is 42.9 Å². The maximum absolute atomic E-state index is 11.7. The number of esters is 1. The maximum Gasteiger partial charge on any atom is 0.331 e. The fourth-order valence-corrected chi connectivity index (χ4v) is 4.31. The summed E-state index contributed by atoms with van der Waals surface area (Å²) in [6.07, 6.45) is 8.14. The van der Waals surface area contributed by atoms with Crippen molar-refractivity contribution in [2.24, 2.45) is 5.92 Å². The predicted molar refractivity (Wildman–Crippen MR) is 128 cm³/mol. The third-order valence-electron chi connectivity index (χ3n) is 5.98. The van der Waals surface area contributed by atoms with Crippen LogP contribution in [0.15, 0.2) is 48.5 Å². The molecule has 0 radical (unpaired) electrons. The van der Waals surface area contributed by atoms with Gasteiger partial charge in [-0.15, -0.1) is 0 Å². The lowest BCUT2D eigenvalue weighted by molar-refractivity contribution is -0.141. The van der Waals surface area contributed by atoms with E-state index < -0.39 is 0 Å². The Morgan fingerprint density at radius 3 is 2.58 bits per heavy atom. The van der Waals surface area contributed by atoms with Gasteiger partial charge in [0.1, 0.15) is 5.75 Å². The molecule has 1 fully saturated rings. The number of ether oxygens (including phenoxy) is 2. The van der Waals surface area contributed by atoms with Crippen molar-refractivity contribution < 1.29 is 14.3 Å². The van der Waals surface area contributed by atoms with Gasteiger partial charge in [0, 0.05) is 18.3 Å². The molecule has 0 spiro atoms. The molecule has 0 aliphatic heterocycles. The standard InChI is InChI=1S/C27H35NO3/c1-19(2)31-27(29)15-10-21-6-5-7-25(17-21)28-18-22-8-11-23(12-9-22)24-13-14-26(30-4)20(3)16-24/h5-7,10,13-17,19,22-23,28H,8-9,11-12,18H2,1-4H3/b15-10+. The minimum absolute atomic E-state index is 0.103. The molecule has 0 heterocycles. The Morgan fingerprint density at radius 1 is 1.13 bits per heavy atom. The van der Waals surface area contributed by atoms with Gasteiger partial charge >= 0.3 is 5.97 Å². The molecule has 1 aliphatic rings. The van der Waals surface area contributed by atoms with Crippen LogP contribution in [0.25, 0.3) is 6.08 Å². The van der Waals surface area contributed by atoms with Crippen molar-refractivity contribution in [3.05, 3.63) is 65.2 Å². The number of carbonyl (C=O) groups is 1. The average Bonchev–Trinajstić information content (AvgIpc) is 2.76. The number of aryl methyl sites for hydroxylation is 1. The largest absolute Gasteiger partial charge is 0.496 e. The summed E-state index contributed by atoms with van der Waals surface area (Å²) < 4.78 is 10.5. The van der Waals surface area contributed by atoms with Crippen LogP contribution in [-0.2, 0) is 9.53 Å². The molecular formula is C27H35NO3. The molecule has 1 N–H and O–H groups in total. The van der Waals surface area contributed by atoms with E-state index in [9.17, 15) is 4.79 Å². The molecule has 4 nitrogen and oxygen atoms in total. The first-order valence-electron chi connectivity index (χ1n) is 11.3. The highest BCUT2D eigenvalue weighted by atomic mass is 16.5. The van der Waals surface area contributed by atoms with Crippen LogP contribution in [0.1, 0.15) is 62.1 Å². The lowest BCUT2D eigenvalue weighted by atomic mass is 9.78. The van der Waals surface area contributed by atoms with Gasteiger partial charge in [-0.1, -0.05) is 24.3 Å². The molecule has 0 saturated heterocycles. The fraction of sp³-hybridized carbons (Fsp3) is 0.444. The minimum Gasteiger partial charge on any atom is -0.496 e. The van der Waals surface area contributed by atoms with Crippen LogP contribution in [0, 0.1) is 12.8 Å². The Bertz CT molecular complexity index is 895. The van der Waals surface area contributed by atoms with Crippen LogP contribution in [0.4, 0.5) is 5.69 Å². The van der Waals surface area contributed by atoms with Gasteiger partial charge in [-0.3, -0.25) is 0 Å². The molecule has 0 atom stereocenters. The molecule has 31 heavy (non-hydrogen) atoms. The van der Waals surface area contributed by atoms with Crippen molar-refractivity contribution in [2.45, 2.75) is 58.5 Å². The predicted octanol–water partition coefficient (Wildman–Crippen LogP) is 6.35. The van der Waals surface area contributed by atoms with Crippen LogP contribution in [-0.4, -0.2) is 25.7 Å². The number of nitrogens with one attached hydrogen (secondary N) is 1. The van der Waals surface area contributed by atoms with Crippen LogP contribution < -0.4 is 10.1 Å². The van der Waals surface area contributed by atoms with E-state index in [-0.39, 0.29) is 12.1 Å². The topological polar surface area (TPSA) is 47.6 Å². The van der Waals surface area contributed by atoms with E-state index in [1.807, 2.05) is 26.0 Å². The van der Waals surface area contributed by atoms with E-state index >= 15 is 0 Å². The van der Waals surface area contributed by atoms with Crippen molar-refractivity contribution in [3.63, 3.8) is 0 Å². The molecule has 166 valence electrons. The smallest absolute Gasteiger partial charge is 0.331 e. The third-order valence-corrected chi connectivity index (χ3v) is 5.98. The second-order valence-corrected chi connectivity index (χ2v) is 8.77. The van der Waals surface area contributed by atoms with Crippen molar-refractivity contribution in [1.29, 1.82) is 0 Å². The number of benzene rings is 2. The third kappa shape index (κ3) is 6.88. The number of hydrogen-bond donors (Lipinski definition) is 1. The summed E-state index contributed by atoms with van der Waals surface area (Å²) in [5.74, 6) is 2.00. The fourth-order valence-electron chi connectivity index (χ4n) is 4.31. The van der Waals surface area contributed by atoms with E-state index in [1.54, 1.807) is 13.2 Å². The lowest BCUT2D eigenvalue weighted by Gasteiger charge is -2.29. The van der Waals surface area contributed by atoms with Crippen LogP contribution in [0.3, 0.4) is 0 Å². The molecule has 1 aliphatic carbocycles. The second-order valence-electron chi connectivity index (χ2n) is 8.77. The lowest BCUT2D eigenvalue weighted by Crippen LogP contribution is -2.20. The monoisotopic (exact) mass is 421 g/mol. The normalized spacial score (nSPS) is 18.9. The highest BCUT2D eigenvalue weighted by molar-refractivity contribution is 5.87. The van der Waals surface area contributed by atoms with E-state index in [2.05, 4.69) is 42.6 Å². The quantitative estimate of drug-likeness (QED) is 0.398. The molecule has 3 rings (SSSR count). The molecule has 0 amide bonds. The van der Waals surface area contributed by atoms with E-state index in [4.69, 9.17) is 9.47 Å². The first-order chi connectivity index (χ1) is 14.9. The van der Waals surface area contributed by atoms with Crippen molar-refractivity contribution in [1.82, 2.24) is 0 Å². The van der Waals surface area contributed by atoms with Crippen molar-refractivity contribution in [2.75, 3.05) is 19.0 Å². The molecule has 0 unspecified atom stereocenters. The van der Waals surface area contributed by atoms with E-state index in [0.717, 1.165) is 23.5 Å². The van der Waals surface area contributed by atoms with Gasteiger partial charge in [0.2, 0.25) is 0 Å². The molecule has 0 aromatic heterocycles. The van der Waals surface area contributed by atoms with Gasteiger partial charge in [0.25, 0.3) is 0 Å². The molecular weight excluding hydrogens is 386 g/mol. The Hall–Kier alpha value is -2.75. The van der Waals surface area contributed by atoms with Gasteiger partial charge in [-0.05, 0) is 99.3 Å². The highest BCUT2D eigenvalue weighted by Gasteiger charge is 2.22. The zero-order valence-electron chi connectivity index (χ0n) is 19.2. The van der Waals surface area contributed by atoms with E-state index in [0.29, 0.717) is 11.8 Å². The number of anilines is 1. The summed E-state index contributed by atoms with van der Waals surface area (Å²) in [7, 11) is 1.73. The second kappa shape index (κ2) is 11.0. The van der Waals surface area contributed by atoms with Crippen molar-refractivity contribution in [3.8, 4) is 5.75 Å². The van der Waals surface area contributed by atoms with Gasteiger partial charge in [-0.25, -0.2) is 4.79 Å². The number of hydrogen-bond acceptors (Lipinski definition) is 4. The van der Waals surface area contributed by atoms with Gasteiger partial charge in [0.15, 0.2) is 0 Å². The summed E-state index contributed by atoms with van der Waals surface area (Å²) in [6, 6.07) is 14.8. The Kier molecular flexibility index (Phi) is 8.16. The van der Waals surface area contributed by atoms with Gasteiger partial charge < -0.3 is 14.8 Å². The number of methoxy groups -OCH3 is 1.